The largest absolute Gasteiger partial charge is 0.417 e. The maximum absolute atomic E-state index is 13.1. The van der Waals surface area contributed by atoms with Crippen LogP contribution in [0.1, 0.15) is 23.1 Å². The Bertz CT molecular complexity index is 1070. The molecule has 1 aromatic carbocycles. The summed E-state index contributed by atoms with van der Waals surface area (Å²) >= 11 is 5.87. The molecule has 0 saturated carbocycles. The van der Waals surface area contributed by atoms with Crippen molar-refractivity contribution in [1.82, 2.24) is 24.6 Å². The molecule has 144 valence electrons. The maximum Gasteiger partial charge on any atom is 0.417 e. The van der Waals surface area contributed by atoms with E-state index in [9.17, 15) is 18.0 Å². The molecule has 3 aromatic rings. The molecule has 0 aliphatic carbocycles. The Morgan fingerprint density at radius 1 is 1.14 bits per heavy atom. The summed E-state index contributed by atoms with van der Waals surface area (Å²) < 4.78 is 49.4. The number of fused-ring (bicyclic) bond motifs is 1. The monoisotopic (exact) mass is 408 g/mol. The molecule has 2 aromatic heterocycles. The van der Waals surface area contributed by atoms with Gasteiger partial charge in [-0.3, -0.25) is 9.78 Å². The number of alkyl halides is 3. The third-order valence-corrected chi connectivity index (χ3v) is 4.71. The quantitative estimate of drug-likeness (QED) is 0.649. The van der Waals surface area contributed by atoms with Crippen LogP contribution in [0.4, 0.5) is 13.2 Å². The van der Waals surface area contributed by atoms with Crippen LogP contribution in [0.5, 0.6) is 0 Å². The van der Waals surface area contributed by atoms with Crippen LogP contribution in [-0.4, -0.2) is 37.1 Å². The summed E-state index contributed by atoms with van der Waals surface area (Å²) in [5.41, 5.74) is -0.833. The van der Waals surface area contributed by atoms with Crippen LogP contribution in [0.3, 0.4) is 0 Å². The van der Waals surface area contributed by atoms with Crippen LogP contribution >= 0.6 is 11.6 Å². The smallest absolute Gasteiger partial charge is 0.329 e. The number of nitrogens with zero attached hydrogens (tertiary/aromatic N) is 5. The first-order valence-electron chi connectivity index (χ1n) is 8.80. The van der Waals surface area contributed by atoms with Gasteiger partial charge in [0.1, 0.15) is 5.69 Å². The van der Waals surface area contributed by atoms with E-state index < -0.39 is 29.2 Å². The van der Waals surface area contributed by atoms with E-state index in [1.54, 1.807) is 29.0 Å². The van der Waals surface area contributed by atoms with Gasteiger partial charge in [-0.05, 0) is 24.3 Å². The third-order valence-electron chi connectivity index (χ3n) is 4.30. The van der Waals surface area contributed by atoms with Gasteiger partial charge in [0.05, 0.1) is 24.0 Å². The van der Waals surface area contributed by atoms with Crippen LogP contribution < -0.4 is 0 Å². The van der Waals surface area contributed by atoms with Gasteiger partial charge in [-0.1, -0.05) is 23.7 Å². The summed E-state index contributed by atoms with van der Waals surface area (Å²) in [7, 11) is 0. The van der Waals surface area contributed by atoms with Crippen LogP contribution in [0, 0.1) is 0 Å². The van der Waals surface area contributed by atoms with E-state index in [0.29, 0.717) is 11.5 Å². The molecule has 1 amide bonds. The molecular formula is C18H13ClF3N5O. The van der Waals surface area contributed by atoms with Crippen molar-refractivity contribution < 1.29 is 19.3 Å². The average Bonchev–Trinajstić information content (AvgIpc) is 3.13. The number of amides is 1. The van der Waals surface area contributed by atoms with Crippen molar-refractivity contribution in [3.63, 3.8) is 0 Å². The van der Waals surface area contributed by atoms with E-state index in [-0.39, 0.29) is 24.5 Å². The van der Waals surface area contributed by atoms with E-state index in [1.807, 2.05) is 0 Å². The predicted octanol–water partition coefficient (Wildman–Crippen LogP) is 3.67. The number of carbonyl (C=O) groups excluding carboxylic acids is 1. The number of aromatic nitrogens is 4. The lowest BCUT2D eigenvalue weighted by atomic mass is 10.1. The number of halogens is 4. The molecule has 0 saturated heterocycles. The summed E-state index contributed by atoms with van der Waals surface area (Å²) in [6.07, 6.45) is -3.09. The predicted molar refractivity (Wildman–Crippen MR) is 94.4 cm³/mol. The van der Waals surface area contributed by atoms with Crippen LogP contribution in [0.15, 0.2) is 42.6 Å². The molecule has 0 bridgehead atoms. The van der Waals surface area contributed by atoms with Crippen molar-refractivity contribution in [3.05, 3.63) is 64.6 Å². The summed E-state index contributed by atoms with van der Waals surface area (Å²) in [5.74, 6) is -0.106. The highest BCUT2D eigenvalue weighted by Crippen LogP contribution is 2.36. The minimum Gasteiger partial charge on any atom is -0.329 e. The maximum atomic E-state index is 13.1. The zero-order valence-corrected chi connectivity index (χ0v) is 14.9. The summed E-state index contributed by atoms with van der Waals surface area (Å²) in [6, 6.07) is 8.43. The minimum absolute atomic E-state index is 0.0877. The lowest BCUT2D eigenvalue weighted by Crippen LogP contribution is -2.38. The molecule has 0 N–H and O–H groups in total. The lowest BCUT2D eigenvalue weighted by molar-refractivity contribution is -0.137. The Morgan fingerprint density at radius 2 is 1.96 bits per heavy atom. The molecule has 10 heteroatoms. The fourth-order valence-electron chi connectivity index (χ4n) is 2.96. The van der Waals surface area contributed by atoms with Gasteiger partial charge in [0.15, 0.2) is 11.6 Å². The van der Waals surface area contributed by atoms with Crippen LogP contribution in [-0.2, 0) is 19.2 Å². The van der Waals surface area contributed by atoms with E-state index in [0.717, 1.165) is 17.0 Å². The molecular weight excluding hydrogens is 395 g/mol. The summed E-state index contributed by atoms with van der Waals surface area (Å²) in [5, 5.41) is 7.38. The van der Waals surface area contributed by atoms with Gasteiger partial charge in [-0.25, -0.2) is 0 Å². The molecule has 1 atom stereocenters. The number of hydrogen-bond donors (Lipinski definition) is 0. The Morgan fingerprint density at radius 3 is 2.68 bits per heavy atom. The normalized spacial score (nSPS) is 17.2. The Labute approximate surface area is 164 Å². The first kappa shape index (κ1) is 17.2. The zero-order valence-electron chi connectivity index (χ0n) is 15.2. The van der Waals surface area contributed by atoms with Crippen molar-refractivity contribution in [2.45, 2.75) is 19.2 Å². The van der Waals surface area contributed by atoms with Gasteiger partial charge in [0.2, 0.25) is 0 Å². The molecule has 28 heavy (non-hydrogen) atoms. The van der Waals surface area contributed by atoms with E-state index in [4.69, 9.17) is 13.0 Å². The molecule has 4 rings (SSSR count). The molecule has 6 nitrogen and oxygen atoms in total. The molecule has 3 heterocycles. The topological polar surface area (TPSA) is 63.9 Å². The van der Waals surface area contributed by atoms with Crippen molar-refractivity contribution in [1.29, 1.82) is 0 Å². The second-order valence-corrected chi connectivity index (χ2v) is 6.42. The summed E-state index contributed by atoms with van der Waals surface area (Å²) in [6.45, 7) is -0.886. The Kier molecular flexibility index (Phi) is 4.23. The van der Waals surface area contributed by atoms with E-state index in [1.165, 1.54) is 6.07 Å². The van der Waals surface area contributed by atoms with Gasteiger partial charge in [0.25, 0.3) is 5.91 Å². The van der Waals surface area contributed by atoms with E-state index in [2.05, 4.69) is 15.2 Å². The highest BCUT2D eigenvalue weighted by atomic mass is 35.5. The standard InChI is InChI=1S/C18H13ClF3N5O/c19-15-11(4-3-5-12(15)18(20,21)22)17(28)26-8-9-27-14(10-26)24-25-16(27)13-6-1-2-7-23-13/h1-7H,8-10H2/i10D. The third kappa shape index (κ3) is 3.22. The first-order chi connectivity index (χ1) is 13.8. The Balaban J connectivity index is 1.66. The molecule has 0 fully saturated rings. The fourth-order valence-corrected chi connectivity index (χ4v) is 3.27. The highest BCUT2D eigenvalue weighted by molar-refractivity contribution is 6.34. The van der Waals surface area contributed by atoms with Crippen molar-refractivity contribution in [2.75, 3.05) is 6.54 Å². The molecule has 1 aliphatic rings. The molecule has 1 unspecified atom stereocenters. The first-order valence-corrected chi connectivity index (χ1v) is 8.60. The number of benzene rings is 1. The van der Waals surface area contributed by atoms with Gasteiger partial charge >= 0.3 is 6.18 Å². The SMILES string of the molecule is [2H]C1c2nnc(-c3ccccn3)n2CCN1C(=O)c1cccc(C(F)(F)F)c1Cl. The molecule has 1 aliphatic heterocycles. The second kappa shape index (κ2) is 6.90. The van der Waals surface area contributed by atoms with E-state index >= 15 is 0 Å². The van der Waals surface area contributed by atoms with Crippen molar-refractivity contribution in [2.24, 2.45) is 0 Å². The zero-order chi connectivity index (χ0) is 20.8. The second-order valence-electron chi connectivity index (χ2n) is 6.04. The molecule has 0 spiro atoms. The lowest BCUT2D eigenvalue weighted by Gasteiger charge is -2.28. The number of carbonyl (C=O) groups is 1. The van der Waals surface area contributed by atoms with Crippen molar-refractivity contribution in [3.8, 4) is 11.5 Å². The Hall–Kier alpha value is -2.94. The van der Waals surface area contributed by atoms with Crippen LogP contribution in [0.2, 0.25) is 5.02 Å². The van der Waals surface area contributed by atoms with Crippen molar-refractivity contribution >= 4 is 17.5 Å². The number of hydrogen-bond acceptors (Lipinski definition) is 4. The van der Waals surface area contributed by atoms with Gasteiger partial charge in [0, 0.05) is 19.3 Å². The highest BCUT2D eigenvalue weighted by Gasteiger charge is 2.36. The molecule has 0 radical (unpaired) electrons. The van der Waals surface area contributed by atoms with Gasteiger partial charge in [-0.2, -0.15) is 13.2 Å². The average molecular weight is 409 g/mol. The van der Waals surface area contributed by atoms with Crippen LogP contribution in [0.25, 0.3) is 11.5 Å². The minimum atomic E-state index is -4.69. The summed E-state index contributed by atoms with van der Waals surface area (Å²) in [4.78, 5) is 18.2. The number of pyridine rings is 1. The number of rotatable bonds is 2. The van der Waals surface area contributed by atoms with Gasteiger partial charge < -0.3 is 9.47 Å². The fraction of sp³-hybridized carbons (Fsp3) is 0.222. The van der Waals surface area contributed by atoms with Gasteiger partial charge in [-0.15, -0.1) is 10.2 Å².